The summed E-state index contributed by atoms with van der Waals surface area (Å²) in [6, 6.07) is 0. The van der Waals surface area contributed by atoms with Gasteiger partial charge in [-0.3, -0.25) is 4.79 Å². The molecule has 0 bridgehead atoms. The molecule has 2 N–H and O–H groups in total. The van der Waals surface area contributed by atoms with Gasteiger partial charge in [0.2, 0.25) is 5.91 Å². The number of carbonyl (C=O) groups is 1. The molecule has 0 saturated heterocycles. The Morgan fingerprint density at radius 3 is 2.53 bits per heavy atom. The van der Waals surface area contributed by atoms with Gasteiger partial charge in [-0.2, -0.15) is 0 Å². The largest absolute Gasteiger partial charge is 0.345 e. The minimum absolute atomic E-state index is 0.282. The smallest absolute Gasteiger partial charge is 0.222 e. The minimum atomic E-state index is 0.282. The number of hydrogen-bond donors (Lipinski definition) is 1. The lowest BCUT2D eigenvalue weighted by molar-refractivity contribution is -0.132. The van der Waals surface area contributed by atoms with Crippen molar-refractivity contribution in [2.75, 3.05) is 20.1 Å². The molecule has 0 atom stereocenters. The van der Waals surface area contributed by atoms with E-state index >= 15 is 0 Å². The minimum Gasteiger partial charge on any atom is -0.345 e. The van der Waals surface area contributed by atoms with Gasteiger partial charge in [0, 0.05) is 25.4 Å². The van der Waals surface area contributed by atoms with Crippen LogP contribution in [0.25, 0.3) is 0 Å². The highest BCUT2D eigenvalue weighted by molar-refractivity contribution is 5.76. The van der Waals surface area contributed by atoms with Gasteiger partial charge in [-0.05, 0) is 38.1 Å². The van der Waals surface area contributed by atoms with Crippen LogP contribution in [0, 0.1) is 11.3 Å². The van der Waals surface area contributed by atoms with Crippen molar-refractivity contribution in [3.8, 4) is 0 Å². The summed E-state index contributed by atoms with van der Waals surface area (Å²) >= 11 is 0. The summed E-state index contributed by atoms with van der Waals surface area (Å²) in [5.41, 5.74) is 6.00. The van der Waals surface area contributed by atoms with Crippen molar-refractivity contribution in [1.82, 2.24) is 4.90 Å². The van der Waals surface area contributed by atoms with Crippen molar-refractivity contribution in [1.29, 1.82) is 0 Å². The van der Waals surface area contributed by atoms with Crippen LogP contribution in [0.15, 0.2) is 0 Å². The highest BCUT2D eigenvalue weighted by atomic mass is 16.2. The van der Waals surface area contributed by atoms with Crippen LogP contribution in [0.1, 0.15) is 38.5 Å². The van der Waals surface area contributed by atoms with Crippen molar-refractivity contribution in [3.63, 3.8) is 0 Å². The van der Waals surface area contributed by atoms with E-state index in [4.69, 9.17) is 5.73 Å². The lowest BCUT2D eigenvalue weighted by atomic mass is 9.82. The van der Waals surface area contributed by atoms with E-state index < -0.39 is 0 Å². The van der Waals surface area contributed by atoms with Crippen LogP contribution >= 0.6 is 0 Å². The molecule has 0 aromatic carbocycles. The van der Waals surface area contributed by atoms with E-state index in [9.17, 15) is 4.79 Å². The second-order valence-corrected chi connectivity index (χ2v) is 5.45. The molecule has 2 fully saturated rings. The fraction of sp³-hybridized carbons (Fsp3) is 0.917. The SMILES string of the molecule is CN(CC1(CN)CC1)C(=O)CC1CCC1. The number of amides is 1. The zero-order valence-corrected chi connectivity index (χ0v) is 9.67. The molecule has 0 aromatic rings. The van der Waals surface area contributed by atoms with Crippen LogP contribution in [0.2, 0.25) is 0 Å². The van der Waals surface area contributed by atoms with Crippen molar-refractivity contribution in [2.24, 2.45) is 17.1 Å². The Bertz CT molecular complexity index is 244. The first-order valence-corrected chi connectivity index (χ1v) is 6.09. The quantitative estimate of drug-likeness (QED) is 0.745. The van der Waals surface area contributed by atoms with Crippen molar-refractivity contribution in [2.45, 2.75) is 38.5 Å². The number of nitrogens with two attached hydrogens (primary N) is 1. The lowest BCUT2D eigenvalue weighted by Crippen LogP contribution is -2.37. The molecule has 3 heteroatoms. The third-order valence-electron chi connectivity index (χ3n) is 4.08. The Hall–Kier alpha value is -0.570. The van der Waals surface area contributed by atoms with Crippen molar-refractivity contribution < 1.29 is 4.79 Å². The van der Waals surface area contributed by atoms with Gasteiger partial charge in [0.1, 0.15) is 0 Å². The van der Waals surface area contributed by atoms with Crippen molar-refractivity contribution in [3.05, 3.63) is 0 Å². The summed E-state index contributed by atoms with van der Waals surface area (Å²) in [6.45, 7) is 1.60. The number of carbonyl (C=O) groups excluding carboxylic acids is 1. The van der Waals surface area contributed by atoms with E-state index in [1.165, 1.54) is 32.1 Å². The Kier molecular flexibility index (Phi) is 3.01. The van der Waals surface area contributed by atoms with E-state index in [2.05, 4.69) is 0 Å². The fourth-order valence-corrected chi connectivity index (χ4v) is 2.29. The number of nitrogens with zero attached hydrogens (tertiary/aromatic N) is 1. The maximum atomic E-state index is 11.9. The van der Waals surface area contributed by atoms with E-state index in [1.54, 1.807) is 0 Å². The summed E-state index contributed by atoms with van der Waals surface area (Å²) in [7, 11) is 1.93. The Morgan fingerprint density at radius 1 is 1.47 bits per heavy atom. The average Bonchev–Trinajstić information content (AvgIpc) is 2.91. The molecule has 0 aliphatic heterocycles. The van der Waals surface area contributed by atoms with Gasteiger partial charge in [0.15, 0.2) is 0 Å². The van der Waals surface area contributed by atoms with Crippen LogP contribution < -0.4 is 5.73 Å². The maximum absolute atomic E-state index is 11.9. The van der Waals surface area contributed by atoms with Crippen LogP contribution in [0.3, 0.4) is 0 Å². The molecule has 0 radical (unpaired) electrons. The molecule has 0 aromatic heterocycles. The number of rotatable bonds is 5. The summed E-state index contributed by atoms with van der Waals surface area (Å²) < 4.78 is 0. The van der Waals surface area contributed by atoms with Gasteiger partial charge in [-0.1, -0.05) is 6.42 Å². The van der Waals surface area contributed by atoms with Gasteiger partial charge in [-0.25, -0.2) is 0 Å². The molecular weight excluding hydrogens is 188 g/mol. The third-order valence-corrected chi connectivity index (χ3v) is 4.08. The van der Waals surface area contributed by atoms with Crippen LogP contribution in [0.4, 0.5) is 0 Å². The van der Waals surface area contributed by atoms with E-state index in [-0.39, 0.29) is 5.41 Å². The van der Waals surface area contributed by atoms with Gasteiger partial charge >= 0.3 is 0 Å². The van der Waals surface area contributed by atoms with Crippen LogP contribution in [0.5, 0.6) is 0 Å². The van der Waals surface area contributed by atoms with Gasteiger partial charge in [0.25, 0.3) is 0 Å². The second kappa shape index (κ2) is 4.12. The summed E-state index contributed by atoms with van der Waals surface area (Å²) in [5, 5.41) is 0. The molecule has 2 saturated carbocycles. The first-order valence-electron chi connectivity index (χ1n) is 6.09. The zero-order chi connectivity index (χ0) is 10.9. The fourth-order valence-electron chi connectivity index (χ4n) is 2.29. The van der Waals surface area contributed by atoms with Crippen LogP contribution in [-0.4, -0.2) is 30.9 Å². The maximum Gasteiger partial charge on any atom is 0.222 e. The molecule has 86 valence electrons. The van der Waals surface area contributed by atoms with E-state index in [0.29, 0.717) is 11.8 Å². The molecule has 2 aliphatic carbocycles. The first kappa shape index (κ1) is 10.9. The summed E-state index contributed by atoms with van der Waals surface area (Å²) in [6.07, 6.45) is 6.98. The molecular formula is C12H22N2O. The molecule has 3 nitrogen and oxygen atoms in total. The molecule has 1 amide bonds. The Morgan fingerprint density at radius 2 is 2.13 bits per heavy atom. The predicted molar refractivity (Wildman–Crippen MR) is 60.3 cm³/mol. The van der Waals surface area contributed by atoms with Crippen molar-refractivity contribution >= 4 is 5.91 Å². The highest BCUT2D eigenvalue weighted by Crippen LogP contribution is 2.45. The van der Waals surface area contributed by atoms with Crippen LogP contribution in [-0.2, 0) is 4.79 Å². The number of hydrogen-bond acceptors (Lipinski definition) is 2. The first-order chi connectivity index (χ1) is 7.15. The summed E-state index contributed by atoms with van der Waals surface area (Å²) in [4.78, 5) is 13.8. The topological polar surface area (TPSA) is 46.3 Å². The molecule has 15 heavy (non-hydrogen) atoms. The molecule has 2 aliphatic rings. The monoisotopic (exact) mass is 210 g/mol. The molecule has 2 rings (SSSR count). The standard InChI is InChI=1S/C12H22N2O/c1-14(9-12(8-13)5-6-12)11(15)7-10-3-2-4-10/h10H,2-9,13H2,1H3. The molecule has 0 heterocycles. The Balaban J connectivity index is 1.74. The van der Waals surface area contributed by atoms with E-state index in [1.807, 2.05) is 11.9 Å². The van der Waals surface area contributed by atoms with Gasteiger partial charge in [0.05, 0.1) is 0 Å². The average molecular weight is 210 g/mol. The zero-order valence-electron chi connectivity index (χ0n) is 9.67. The molecule has 0 spiro atoms. The molecule has 0 unspecified atom stereocenters. The van der Waals surface area contributed by atoms with Gasteiger partial charge in [-0.15, -0.1) is 0 Å². The summed E-state index contributed by atoms with van der Waals surface area (Å²) in [5.74, 6) is 0.993. The van der Waals surface area contributed by atoms with E-state index in [0.717, 1.165) is 19.5 Å². The Labute approximate surface area is 92.0 Å². The normalized spacial score (nSPS) is 23.3. The predicted octanol–water partition coefficient (Wildman–Crippen LogP) is 1.37. The lowest BCUT2D eigenvalue weighted by Gasteiger charge is -2.28. The third kappa shape index (κ3) is 2.51. The highest BCUT2D eigenvalue weighted by Gasteiger charge is 2.42. The van der Waals surface area contributed by atoms with Gasteiger partial charge < -0.3 is 10.6 Å². The second-order valence-electron chi connectivity index (χ2n) is 5.45.